The number of oxazole rings is 1. The molecule has 2 heterocycles. The number of aromatic amines is 1. The summed E-state index contributed by atoms with van der Waals surface area (Å²) in [6.07, 6.45) is -4.67. The molecule has 23 heavy (non-hydrogen) atoms. The summed E-state index contributed by atoms with van der Waals surface area (Å²) in [4.78, 5) is 20.4. The van der Waals surface area contributed by atoms with Crippen LogP contribution in [0.1, 0.15) is 11.4 Å². The molecule has 0 saturated heterocycles. The summed E-state index contributed by atoms with van der Waals surface area (Å²) in [5, 5.41) is 0. The fourth-order valence-corrected chi connectivity index (χ4v) is 2.44. The second-order valence-electron chi connectivity index (χ2n) is 4.58. The normalized spacial score (nSPS) is 11.9. The second-order valence-corrected chi connectivity index (χ2v) is 5.69. The first-order valence-corrected chi connectivity index (χ1v) is 7.23. The van der Waals surface area contributed by atoms with Crippen molar-refractivity contribution in [2.75, 3.05) is 0 Å². The van der Waals surface area contributed by atoms with Crippen molar-refractivity contribution in [3.8, 4) is 11.6 Å². The van der Waals surface area contributed by atoms with E-state index in [0.29, 0.717) is 11.1 Å². The molecule has 120 valence electrons. The molecule has 0 saturated carbocycles. The first-order chi connectivity index (χ1) is 10.7. The van der Waals surface area contributed by atoms with E-state index in [4.69, 9.17) is 9.15 Å². The number of alkyl halides is 3. The highest BCUT2D eigenvalue weighted by Gasteiger charge is 2.35. The van der Waals surface area contributed by atoms with E-state index in [0.717, 1.165) is 0 Å². The van der Waals surface area contributed by atoms with Gasteiger partial charge in [-0.2, -0.15) is 18.2 Å². The number of halogens is 4. The topological polar surface area (TPSA) is 81.0 Å². The summed E-state index contributed by atoms with van der Waals surface area (Å²) in [7, 11) is 0. The van der Waals surface area contributed by atoms with E-state index in [-0.39, 0.29) is 20.9 Å². The lowest BCUT2D eigenvalue weighted by Gasteiger charge is -2.09. The summed E-state index contributed by atoms with van der Waals surface area (Å²) in [5.41, 5.74) is 1.38. The van der Waals surface area contributed by atoms with Crippen LogP contribution in [0.2, 0.25) is 0 Å². The second kappa shape index (κ2) is 5.51. The molecule has 0 spiro atoms. The highest BCUT2D eigenvalue weighted by atomic mass is 127. The Morgan fingerprint density at radius 1 is 1.26 bits per heavy atom. The molecule has 0 fully saturated rings. The van der Waals surface area contributed by atoms with Crippen LogP contribution in [0.25, 0.3) is 11.1 Å². The summed E-state index contributed by atoms with van der Waals surface area (Å²) in [6, 6.07) is 4.21. The monoisotopic (exact) mass is 437 g/mol. The van der Waals surface area contributed by atoms with E-state index >= 15 is 0 Å². The molecule has 3 rings (SSSR count). The molecule has 1 N–H and O–H groups in total. The zero-order valence-electron chi connectivity index (χ0n) is 11.4. The van der Waals surface area contributed by atoms with Crippen LogP contribution >= 0.6 is 22.6 Å². The molecule has 0 atom stereocenters. The van der Waals surface area contributed by atoms with Gasteiger partial charge in [-0.05, 0) is 41.1 Å². The Kier molecular flexibility index (Phi) is 3.78. The minimum Gasteiger partial charge on any atom is -0.439 e. The molecule has 0 aliphatic rings. The molecule has 0 aliphatic carbocycles. The minimum atomic E-state index is -4.67. The van der Waals surface area contributed by atoms with Gasteiger partial charge in [0.1, 0.15) is 9.45 Å². The van der Waals surface area contributed by atoms with Crippen LogP contribution in [-0.2, 0) is 6.18 Å². The third-order valence-electron chi connectivity index (χ3n) is 2.85. The number of aryl methyl sites for hydroxylation is 1. The molecule has 0 aliphatic heterocycles. The van der Waals surface area contributed by atoms with Crippen molar-refractivity contribution in [1.82, 2.24) is 15.0 Å². The Balaban J connectivity index is 2.02. The van der Waals surface area contributed by atoms with Gasteiger partial charge in [-0.15, -0.1) is 0 Å². The van der Waals surface area contributed by atoms with E-state index in [1.165, 1.54) is 12.1 Å². The largest absolute Gasteiger partial charge is 0.451 e. The summed E-state index contributed by atoms with van der Waals surface area (Å²) < 4.78 is 48.5. The number of nitrogens with zero attached hydrogens (tertiary/aromatic N) is 2. The van der Waals surface area contributed by atoms with E-state index in [1.807, 2.05) is 0 Å². The number of ether oxygens (including phenoxy) is 1. The number of fused-ring (bicyclic) bond motifs is 1. The average molecular weight is 437 g/mol. The number of nitrogens with one attached hydrogen (secondary N) is 1. The molecule has 2 aromatic heterocycles. The maximum Gasteiger partial charge on any atom is 0.451 e. The minimum absolute atomic E-state index is 0.0888. The first-order valence-electron chi connectivity index (χ1n) is 6.15. The Hall–Kier alpha value is -2.11. The highest BCUT2D eigenvalue weighted by Crippen LogP contribution is 2.31. The molecule has 0 amide bonds. The molecule has 0 unspecified atom stereocenters. The number of benzene rings is 1. The van der Waals surface area contributed by atoms with Crippen molar-refractivity contribution >= 4 is 33.7 Å². The Bertz CT molecular complexity index is 949. The van der Waals surface area contributed by atoms with Crippen LogP contribution in [-0.4, -0.2) is 15.0 Å². The summed E-state index contributed by atoms with van der Waals surface area (Å²) in [5.74, 6) is -1.98. The van der Waals surface area contributed by atoms with Crippen LogP contribution in [0.3, 0.4) is 0 Å². The standard InChI is InChI=1S/C13H7F3IN3O3/c1-5-2-6(3-7-10(5)20-12(21)23-7)22-9-4-8(17)18-11(19-9)13(14,15)16/h2-4H,1H3,(H,20,21). The van der Waals surface area contributed by atoms with Gasteiger partial charge in [-0.1, -0.05) is 0 Å². The SMILES string of the molecule is Cc1cc(Oc2cc(I)nc(C(F)(F)F)n2)cc2oc(=O)[nH]c12. The lowest BCUT2D eigenvalue weighted by Crippen LogP contribution is -2.12. The Morgan fingerprint density at radius 2 is 2.00 bits per heavy atom. The highest BCUT2D eigenvalue weighted by molar-refractivity contribution is 14.1. The number of H-pyrrole nitrogens is 1. The third-order valence-corrected chi connectivity index (χ3v) is 3.40. The van der Waals surface area contributed by atoms with Crippen molar-refractivity contribution in [2.24, 2.45) is 0 Å². The van der Waals surface area contributed by atoms with Crippen molar-refractivity contribution < 1.29 is 22.3 Å². The van der Waals surface area contributed by atoms with Gasteiger partial charge in [-0.25, -0.2) is 9.78 Å². The van der Waals surface area contributed by atoms with Crippen LogP contribution in [0, 0.1) is 10.6 Å². The summed E-state index contributed by atoms with van der Waals surface area (Å²) in [6.45, 7) is 1.70. The molecule has 10 heteroatoms. The van der Waals surface area contributed by atoms with Crippen molar-refractivity contribution in [2.45, 2.75) is 13.1 Å². The van der Waals surface area contributed by atoms with Crippen molar-refractivity contribution in [1.29, 1.82) is 0 Å². The lowest BCUT2D eigenvalue weighted by molar-refractivity contribution is -0.145. The number of hydrogen-bond donors (Lipinski definition) is 1. The molecular weight excluding hydrogens is 430 g/mol. The maximum absolute atomic E-state index is 12.7. The molecular formula is C13H7F3IN3O3. The first kappa shape index (κ1) is 15.8. The average Bonchev–Trinajstić information content (AvgIpc) is 2.78. The van der Waals surface area contributed by atoms with E-state index in [9.17, 15) is 18.0 Å². The van der Waals surface area contributed by atoms with E-state index in [2.05, 4.69) is 15.0 Å². The van der Waals surface area contributed by atoms with Gasteiger partial charge in [0.05, 0.1) is 5.52 Å². The van der Waals surface area contributed by atoms with Gasteiger partial charge in [0.15, 0.2) is 5.58 Å². The van der Waals surface area contributed by atoms with Crippen LogP contribution in [0.4, 0.5) is 13.2 Å². The molecule has 0 radical (unpaired) electrons. The Morgan fingerprint density at radius 3 is 2.70 bits per heavy atom. The zero-order chi connectivity index (χ0) is 16.8. The van der Waals surface area contributed by atoms with Crippen molar-refractivity contribution in [3.63, 3.8) is 0 Å². The molecule has 3 aromatic rings. The fraction of sp³-hybridized carbons (Fsp3) is 0.154. The van der Waals surface area contributed by atoms with Gasteiger partial charge in [0.2, 0.25) is 11.7 Å². The van der Waals surface area contributed by atoms with Gasteiger partial charge in [0, 0.05) is 12.1 Å². The van der Waals surface area contributed by atoms with Gasteiger partial charge >= 0.3 is 11.9 Å². The molecule has 6 nitrogen and oxygen atoms in total. The van der Waals surface area contributed by atoms with E-state index < -0.39 is 17.8 Å². The molecule has 0 bridgehead atoms. The molecule has 1 aromatic carbocycles. The number of aromatic nitrogens is 3. The Labute approximate surface area is 139 Å². The van der Waals surface area contributed by atoms with Crippen LogP contribution in [0.15, 0.2) is 27.4 Å². The fourth-order valence-electron chi connectivity index (χ4n) is 1.95. The van der Waals surface area contributed by atoms with Gasteiger partial charge in [-0.3, -0.25) is 4.98 Å². The van der Waals surface area contributed by atoms with Crippen molar-refractivity contribution in [3.05, 3.63) is 43.8 Å². The third kappa shape index (κ3) is 3.30. The van der Waals surface area contributed by atoms with Gasteiger partial charge < -0.3 is 9.15 Å². The predicted octanol–water partition coefficient (Wildman–Crippen LogP) is 3.64. The van der Waals surface area contributed by atoms with E-state index in [1.54, 1.807) is 35.6 Å². The maximum atomic E-state index is 12.7. The smallest absolute Gasteiger partial charge is 0.439 e. The number of hydrogen-bond acceptors (Lipinski definition) is 5. The lowest BCUT2D eigenvalue weighted by atomic mass is 10.2. The van der Waals surface area contributed by atoms with Crippen LogP contribution < -0.4 is 10.5 Å². The quantitative estimate of drug-likeness (QED) is 0.490. The predicted molar refractivity (Wildman–Crippen MR) is 81.4 cm³/mol. The number of rotatable bonds is 2. The van der Waals surface area contributed by atoms with Crippen LogP contribution in [0.5, 0.6) is 11.6 Å². The zero-order valence-corrected chi connectivity index (χ0v) is 13.5. The summed E-state index contributed by atoms with van der Waals surface area (Å²) >= 11 is 1.64. The van der Waals surface area contributed by atoms with Gasteiger partial charge in [0.25, 0.3) is 0 Å².